The first-order chi connectivity index (χ1) is 13.6. The first kappa shape index (κ1) is 22.1. The highest BCUT2D eigenvalue weighted by Gasteiger charge is 2.26. The van der Waals surface area contributed by atoms with Gasteiger partial charge in [0.1, 0.15) is 6.04 Å². The average molecular weight is 415 g/mol. The molecule has 0 heterocycles. The number of nitrogens with zero attached hydrogens (tertiary/aromatic N) is 1. The molecule has 0 saturated heterocycles. The highest BCUT2D eigenvalue weighted by Crippen LogP contribution is 2.12. The molecule has 0 aliphatic carbocycles. The number of rotatable bonds is 7. The van der Waals surface area contributed by atoms with Crippen molar-refractivity contribution in [2.45, 2.75) is 37.8 Å². The fourth-order valence-corrected chi connectivity index (χ4v) is 3.50. The van der Waals surface area contributed by atoms with Crippen LogP contribution in [-0.2, 0) is 24.3 Å². The fourth-order valence-electron chi connectivity index (χ4n) is 2.31. The predicted octanol–water partition coefficient (Wildman–Crippen LogP) is 2.10. The van der Waals surface area contributed by atoms with Crippen LogP contribution >= 0.6 is 0 Å². The molecule has 1 amide bonds. The zero-order valence-corrected chi connectivity index (χ0v) is 17.0. The number of carbonyl (C=O) groups excluding carboxylic acids is 2. The minimum Gasteiger partial charge on any atom is -0.451 e. The summed E-state index contributed by atoms with van der Waals surface area (Å²) in [5.74, 6) is -1.50. The largest absolute Gasteiger partial charge is 0.451 e. The van der Waals surface area contributed by atoms with E-state index < -0.39 is 34.0 Å². The zero-order valence-electron chi connectivity index (χ0n) is 16.2. The lowest BCUT2D eigenvalue weighted by Gasteiger charge is -2.18. The van der Waals surface area contributed by atoms with Crippen LogP contribution in [0, 0.1) is 18.3 Å². The number of hydrogen-bond donors (Lipinski definition) is 2. The third-order valence-corrected chi connectivity index (χ3v) is 5.49. The summed E-state index contributed by atoms with van der Waals surface area (Å²) >= 11 is 0. The van der Waals surface area contributed by atoms with Gasteiger partial charge in [-0.1, -0.05) is 23.8 Å². The number of hydrogen-bond acceptors (Lipinski definition) is 6. The van der Waals surface area contributed by atoms with Crippen LogP contribution in [0.2, 0.25) is 0 Å². The number of ether oxygens (including phenoxy) is 1. The van der Waals surface area contributed by atoms with Gasteiger partial charge < -0.3 is 10.1 Å². The van der Waals surface area contributed by atoms with Crippen LogP contribution in [0.25, 0.3) is 0 Å². The van der Waals surface area contributed by atoms with Gasteiger partial charge in [-0.05, 0) is 51.1 Å². The van der Waals surface area contributed by atoms with Crippen LogP contribution in [-0.4, -0.2) is 32.4 Å². The molecule has 2 atom stereocenters. The summed E-state index contributed by atoms with van der Waals surface area (Å²) in [7, 11) is -3.92. The van der Waals surface area contributed by atoms with Gasteiger partial charge in [-0.3, -0.25) is 9.59 Å². The molecular formula is C20H21N3O5S. The normalized spacial score (nSPS) is 13.0. The van der Waals surface area contributed by atoms with E-state index in [0.717, 1.165) is 5.56 Å². The molecule has 0 bridgehead atoms. The third kappa shape index (κ3) is 6.14. The molecule has 9 heteroatoms. The fraction of sp³-hybridized carbons (Fsp3) is 0.250. The predicted molar refractivity (Wildman–Crippen MR) is 106 cm³/mol. The summed E-state index contributed by atoms with van der Waals surface area (Å²) in [6.45, 7) is 4.52. The van der Waals surface area contributed by atoms with Crippen LogP contribution in [0.3, 0.4) is 0 Å². The smallest absolute Gasteiger partial charge is 0.324 e. The van der Waals surface area contributed by atoms with E-state index in [4.69, 9.17) is 10.00 Å². The molecule has 2 aromatic rings. The number of benzene rings is 2. The SMILES string of the molecule is Cc1ccc(S(=O)(=O)N[C@@H](C)C(=O)O[C@@H](C)C(=O)Nc2cccc(C#N)c2)cc1. The Balaban J connectivity index is 1.96. The Bertz CT molecular complexity index is 1040. The average Bonchev–Trinajstić information content (AvgIpc) is 2.67. The van der Waals surface area contributed by atoms with E-state index in [0.29, 0.717) is 11.3 Å². The van der Waals surface area contributed by atoms with Gasteiger partial charge in [0.25, 0.3) is 5.91 Å². The number of nitrogens with one attached hydrogen (secondary N) is 2. The third-order valence-electron chi connectivity index (χ3n) is 3.94. The standard InChI is InChI=1S/C20H21N3O5S/c1-13-7-9-18(10-8-13)29(26,27)23-14(2)20(25)28-15(3)19(24)22-17-6-4-5-16(11-17)12-21/h4-11,14-15,23H,1-3H3,(H,22,24)/t14-,15-/m0/s1. The summed E-state index contributed by atoms with van der Waals surface area (Å²) in [5, 5.41) is 11.4. The minimum absolute atomic E-state index is 0.0194. The monoisotopic (exact) mass is 415 g/mol. The summed E-state index contributed by atoms with van der Waals surface area (Å²) < 4.78 is 32.0. The van der Waals surface area contributed by atoms with Crippen molar-refractivity contribution in [2.75, 3.05) is 5.32 Å². The summed E-state index contributed by atoms with van der Waals surface area (Å²) in [6, 6.07) is 13.2. The van der Waals surface area contributed by atoms with Crippen molar-refractivity contribution in [3.63, 3.8) is 0 Å². The summed E-state index contributed by atoms with van der Waals surface area (Å²) in [5.41, 5.74) is 1.65. The number of amides is 1. The Morgan fingerprint density at radius 1 is 1.10 bits per heavy atom. The quantitative estimate of drug-likeness (QED) is 0.667. The Morgan fingerprint density at radius 2 is 1.76 bits per heavy atom. The molecule has 0 fully saturated rings. The molecule has 2 aromatic carbocycles. The van der Waals surface area contributed by atoms with Gasteiger partial charge in [0.15, 0.2) is 6.10 Å². The van der Waals surface area contributed by atoms with Gasteiger partial charge in [0.2, 0.25) is 10.0 Å². The highest BCUT2D eigenvalue weighted by atomic mass is 32.2. The molecular weight excluding hydrogens is 394 g/mol. The summed E-state index contributed by atoms with van der Waals surface area (Å²) in [4.78, 5) is 24.4. The van der Waals surface area contributed by atoms with Crippen LogP contribution in [0.1, 0.15) is 25.0 Å². The zero-order chi connectivity index (χ0) is 21.6. The van der Waals surface area contributed by atoms with Gasteiger partial charge in [-0.25, -0.2) is 8.42 Å². The number of carbonyl (C=O) groups is 2. The summed E-state index contributed by atoms with van der Waals surface area (Å²) in [6.07, 6.45) is -1.17. The Labute approximate surface area is 169 Å². The van der Waals surface area contributed by atoms with Gasteiger partial charge in [-0.15, -0.1) is 0 Å². The number of sulfonamides is 1. The van der Waals surface area contributed by atoms with Crippen molar-refractivity contribution in [3.05, 3.63) is 59.7 Å². The van der Waals surface area contributed by atoms with Crippen molar-refractivity contribution in [1.29, 1.82) is 5.26 Å². The Kier molecular flexibility index (Phi) is 7.09. The second-order valence-corrected chi connectivity index (χ2v) is 8.13. The lowest BCUT2D eigenvalue weighted by Crippen LogP contribution is -2.42. The van der Waals surface area contributed by atoms with Crippen molar-refractivity contribution < 1.29 is 22.7 Å². The van der Waals surface area contributed by atoms with E-state index in [1.807, 2.05) is 13.0 Å². The molecule has 0 radical (unpaired) electrons. The molecule has 0 unspecified atom stereocenters. The van der Waals surface area contributed by atoms with Gasteiger partial charge in [0.05, 0.1) is 16.5 Å². The van der Waals surface area contributed by atoms with Gasteiger partial charge >= 0.3 is 5.97 Å². The Morgan fingerprint density at radius 3 is 2.38 bits per heavy atom. The van der Waals surface area contributed by atoms with E-state index in [9.17, 15) is 18.0 Å². The Hall–Kier alpha value is -3.22. The minimum atomic E-state index is -3.92. The van der Waals surface area contributed by atoms with Crippen molar-refractivity contribution in [2.24, 2.45) is 0 Å². The van der Waals surface area contributed by atoms with Gasteiger partial charge in [-0.2, -0.15) is 9.98 Å². The molecule has 0 saturated carbocycles. The maximum Gasteiger partial charge on any atom is 0.324 e. The van der Waals surface area contributed by atoms with E-state index in [1.165, 1.54) is 32.0 Å². The topological polar surface area (TPSA) is 125 Å². The first-order valence-corrected chi connectivity index (χ1v) is 10.2. The number of esters is 1. The first-order valence-electron chi connectivity index (χ1n) is 8.73. The molecule has 2 rings (SSSR count). The van der Waals surface area contributed by atoms with E-state index in [1.54, 1.807) is 30.3 Å². The number of aryl methyl sites for hydroxylation is 1. The lowest BCUT2D eigenvalue weighted by atomic mass is 10.2. The van der Waals surface area contributed by atoms with Crippen LogP contribution in [0.15, 0.2) is 53.4 Å². The lowest BCUT2D eigenvalue weighted by molar-refractivity contribution is -0.154. The van der Waals surface area contributed by atoms with Crippen LogP contribution in [0.4, 0.5) is 5.69 Å². The van der Waals surface area contributed by atoms with Crippen molar-refractivity contribution in [3.8, 4) is 6.07 Å². The molecule has 29 heavy (non-hydrogen) atoms. The molecule has 0 aromatic heterocycles. The van der Waals surface area contributed by atoms with Crippen molar-refractivity contribution in [1.82, 2.24) is 4.72 Å². The molecule has 8 nitrogen and oxygen atoms in total. The van der Waals surface area contributed by atoms with Crippen LogP contribution < -0.4 is 10.0 Å². The molecule has 2 N–H and O–H groups in total. The van der Waals surface area contributed by atoms with Gasteiger partial charge in [0, 0.05) is 5.69 Å². The number of nitriles is 1. The highest BCUT2D eigenvalue weighted by molar-refractivity contribution is 7.89. The molecule has 0 spiro atoms. The van der Waals surface area contributed by atoms with Crippen LogP contribution in [0.5, 0.6) is 0 Å². The van der Waals surface area contributed by atoms with E-state index >= 15 is 0 Å². The van der Waals surface area contributed by atoms with E-state index in [-0.39, 0.29) is 4.90 Å². The number of anilines is 1. The molecule has 152 valence electrons. The second kappa shape index (κ2) is 9.32. The maximum atomic E-state index is 12.4. The molecule has 0 aliphatic rings. The maximum absolute atomic E-state index is 12.4. The van der Waals surface area contributed by atoms with Crippen molar-refractivity contribution >= 4 is 27.6 Å². The second-order valence-electron chi connectivity index (χ2n) is 6.42. The van der Waals surface area contributed by atoms with E-state index in [2.05, 4.69) is 10.0 Å². The molecule has 0 aliphatic heterocycles.